The zero-order chi connectivity index (χ0) is 17.3. The molecular weight excluding hydrogens is 376 g/mol. The second kappa shape index (κ2) is 6.62. The molecule has 2 aromatic rings. The molecular formula is C15H21BrN6O2. The molecule has 0 bridgehead atoms. The molecule has 9 heteroatoms. The number of hydrogen-bond donors (Lipinski definition) is 0. The molecule has 0 aromatic carbocycles. The Bertz CT molecular complexity index is 741. The van der Waals surface area contributed by atoms with Crippen molar-refractivity contribution in [1.29, 1.82) is 0 Å². The Labute approximate surface area is 148 Å². The molecule has 24 heavy (non-hydrogen) atoms. The van der Waals surface area contributed by atoms with Gasteiger partial charge in [-0.3, -0.25) is 0 Å². The van der Waals surface area contributed by atoms with Crippen LogP contribution < -0.4 is 0 Å². The van der Waals surface area contributed by atoms with Crippen LogP contribution in [0, 0.1) is 5.92 Å². The molecule has 1 amide bonds. The Hall–Kier alpha value is -1.77. The highest BCUT2D eigenvalue weighted by molar-refractivity contribution is 9.10. The van der Waals surface area contributed by atoms with Gasteiger partial charge in [0.25, 0.3) is 0 Å². The van der Waals surface area contributed by atoms with Crippen LogP contribution in [0.2, 0.25) is 0 Å². The second-order valence-corrected chi connectivity index (χ2v) is 7.86. The number of rotatable bonds is 2. The Morgan fingerprint density at radius 1 is 1.46 bits per heavy atom. The molecule has 0 aliphatic carbocycles. The van der Waals surface area contributed by atoms with Crippen LogP contribution >= 0.6 is 15.9 Å². The topological polar surface area (TPSA) is 86.0 Å². The van der Waals surface area contributed by atoms with Gasteiger partial charge in [-0.25, -0.2) is 19.4 Å². The molecule has 3 rings (SSSR count). The smallest absolute Gasteiger partial charge is 0.410 e. The maximum atomic E-state index is 12.3. The van der Waals surface area contributed by atoms with Gasteiger partial charge in [-0.1, -0.05) is 5.21 Å². The average Bonchev–Trinajstić information content (AvgIpc) is 2.88. The summed E-state index contributed by atoms with van der Waals surface area (Å²) in [5.74, 6) is 0.289. The number of ether oxygens (including phenoxy) is 1. The van der Waals surface area contributed by atoms with E-state index in [0.29, 0.717) is 29.0 Å². The fraction of sp³-hybridized carbons (Fsp3) is 0.667. The summed E-state index contributed by atoms with van der Waals surface area (Å²) in [4.78, 5) is 22.6. The number of piperidine rings is 1. The molecule has 1 aliphatic rings. The van der Waals surface area contributed by atoms with Gasteiger partial charge in [0.15, 0.2) is 5.65 Å². The van der Waals surface area contributed by atoms with Crippen molar-refractivity contribution in [1.82, 2.24) is 29.9 Å². The van der Waals surface area contributed by atoms with Gasteiger partial charge in [0.2, 0.25) is 5.65 Å². The minimum Gasteiger partial charge on any atom is -0.444 e. The van der Waals surface area contributed by atoms with E-state index >= 15 is 0 Å². The van der Waals surface area contributed by atoms with E-state index in [1.807, 2.05) is 20.8 Å². The summed E-state index contributed by atoms with van der Waals surface area (Å²) in [5.41, 5.74) is 0.699. The first-order valence-electron chi connectivity index (χ1n) is 8.01. The third-order valence-corrected chi connectivity index (χ3v) is 4.18. The lowest BCUT2D eigenvalue weighted by molar-refractivity contribution is 0.0155. The standard InChI is InChI=1S/C15H21BrN6O2/c1-15(2,3)24-14(23)21-6-4-5-10(8-21)9-22-13-12(19-20-22)17-7-11(16)18-13/h7,10H,4-6,8-9H2,1-3H3/t10-/m0/s1. The van der Waals surface area contributed by atoms with Crippen LogP contribution in [0.15, 0.2) is 10.8 Å². The van der Waals surface area contributed by atoms with Crippen LogP contribution in [0.3, 0.4) is 0 Å². The van der Waals surface area contributed by atoms with E-state index in [9.17, 15) is 4.79 Å². The maximum Gasteiger partial charge on any atom is 0.410 e. The summed E-state index contributed by atoms with van der Waals surface area (Å²) in [7, 11) is 0. The molecule has 1 atom stereocenters. The number of aromatic nitrogens is 5. The molecule has 8 nitrogen and oxygen atoms in total. The predicted octanol–water partition coefficient (Wildman–Crippen LogP) is 2.63. The van der Waals surface area contributed by atoms with Crippen molar-refractivity contribution in [2.45, 2.75) is 45.8 Å². The number of hydrogen-bond acceptors (Lipinski definition) is 6. The molecule has 130 valence electrons. The molecule has 0 saturated carbocycles. The predicted molar refractivity (Wildman–Crippen MR) is 91.3 cm³/mol. The molecule has 0 spiro atoms. The van der Waals surface area contributed by atoms with Crippen LogP contribution in [-0.4, -0.2) is 54.6 Å². The molecule has 1 fully saturated rings. The van der Waals surface area contributed by atoms with Gasteiger partial charge in [0.1, 0.15) is 10.2 Å². The van der Waals surface area contributed by atoms with Crippen molar-refractivity contribution in [2.75, 3.05) is 13.1 Å². The van der Waals surface area contributed by atoms with E-state index in [0.717, 1.165) is 19.4 Å². The Morgan fingerprint density at radius 2 is 2.25 bits per heavy atom. The Kier molecular flexibility index (Phi) is 4.71. The highest BCUT2D eigenvalue weighted by atomic mass is 79.9. The van der Waals surface area contributed by atoms with Crippen LogP contribution in [0.5, 0.6) is 0 Å². The Morgan fingerprint density at radius 3 is 3.00 bits per heavy atom. The average molecular weight is 397 g/mol. The highest BCUT2D eigenvalue weighted by Crippen LogP contribution is 2.21. The molecule has 0 N–H and O–H groups in total. The number of nitrogens with zero attached hydrogens (tertiary/aromatic N) is 6. The normalized spacial score (nSPS) is 18.8. The van der Waals surface area contributed by atoms with Crippen LogP contribution in [0.25, 0.3) is 11.3 Å². The summed E-state index contributed by atoms with van der Waals surface area (Å²) in [6.45, 7) is 7.67. The van der Waals surface area contributed by atoms with E-state index in [1.165, 1.54) is 0 Å². The number of carbonyl (C=O) groups excluding carboxylic acids is 1. The van der Waals surface area contributed by atoms with Gasteiger partial charge in [-0.05, 0) is 55.5 Å². The third kappa shape index (κ3) is 4.00. The fourth-order valence-corrected chi connectivity index (χ4v) is 3.08. The quantitative estimate of drug-likeness (QED) is 0.775. The molecule has 0 radical (unpaired) electrons. The zero-order valence-corrected chi connectivity index (χ0v) is 15.7. The minimum absolute atomic E-state index is 0.252. The fourth-order valence-electron chi connectivity index (χ4n) is 2.81. The molecule has 1 saturated heterocycles. The van der Waals surface area contributed by atoms with Gasteiger partial charge in [0, 0.05) is 19.6 Å². The van der Waals surface area contributed by atoms with Crippen LogP contribution in [0.4, 0.5) is 4.79 Å². The van der Waals surface area contributed by atoms with Crippen molar-refractivity contribution in [3.63, 3.8) is 0 Å². The first-order chi connectivity index (χ1) is 11.3. The second-order valence-electron chi connectivity index (χ2n) is 7.05. The third-order valence-electron chi connectivity index (χ3n) is 3.80. The van der Waals surface area contributed by atoms with Crippen LogP contribution in [0.1, 0.15) is 33.6 Å². The molecule has 0 unspecified atom stereocenters. The number of likely N-dealkylation sites (tertiary alicyclic amines) is 1. The summed E-state index contributed by atoms with van der Waals surface area (Å²) >= 11 is 3.32. The largest absolute Gasteiger partial charge is 0.444 e. The van der Waals surface area contributed by atoms with E-state index in [1.54, 1.807) is 15.8 Å². The van der Waals surface area contributed by atoms with Gasteiger partial charge >= 0.3 is 6.09 Å². The maximum absolute atomic E-state index is 12.3. The number of carbonyl (C=O) groups is 1. The monoisotopic (exact) mass is 396 g/mol. The van der Waals surface area contributed by atoms with Gasteiger partial charge < -0.3 is 9.64 Å². The summed E-state index contributed by atoms with van der Waals surface area (Å²) in [6, 6.07) is 0. The van der Waals surface area contributed by atoms with Gasteiger partial charge in [0.05, 0.1) is 6.20 Å². The zero-order valence-electron chi connectivity index (χ0n) is 14.1. The summed E-state index contributed by atoms with van der Waals surface area (Å²) in [5, 5.41) is 8.19. The molecule has 1 aliphatic heterocycles. The van der Waals surface area contributed by atoms with Crippen molar-refractivity contribution in [3.05, 3.63) is 10.8 Å². The lowest BCUT2D eigenvalue weighted by Gasteiger charge is -2.34. The molecule has 3 heterocycles. The first kappa shape index (κ1) is 17.1. The number of fused-ring (bicyclic) bond motifs is 1. The van der Waals surface area contributed by atoms with E-state index in [4.69, 9.17) is 4.74 Å². The van der Waals surface area contributed by atoms with E-state index < -0.39 is 5.60 Å². The van der Waals surface area contributed by atoms with Crippen LogP contribution in [-0.2, 0) is 11.3 Å². The number of amides is 1. The highest BCUT2D eigenvalue weighted by Gasteiger charge is 2.28. The molecule has 2 aromatic heterocycles. The van der Waals surface area contributed by atoms with Crippen molar-refractivity contribution in [2.24, 2.45) is 5.92 Å². The van der Waals surface area contributed by atoms with Crippen molar-refractivity contribution >= 4 is 33.3 Å². The van der Waals surface area contributed by atoms with Crippen molar-refractivity contribution in [3.8, 4) is 0 Å². The van der Waals surface area contributed by atoms with Gasteiger partial charge in [-0.15, -0.1) is 5.10 Å². The lowest BCUT2D eigenvalue weighted by atomic mass is 9.98. The minimum atomic E-state index is -0.478. The van der Waals surface area contributed by atoms with Gasteiger partial charge in [-0.2, -0.15) is 0 Å². The van der Waals surface area contributed by atoms with E-state index in [2.05, 4.69) is 36.2 Å². The van der Waals surface area contributed by atoms with Crippen molar-refractivity contribution < 1.29 is 9.53 Å². The summed E-state index contributed by atoms with van der Waals surface area (Å²) in [6.07, 6.45) is 3.33. The summed E-state index contributed by atoms with van der Waals surface area (Å²) < 4.78 is 7.88. The number of halogens is 1. The lowest BCUT2D eigenvalue weighted by Crippen LogP contribution is -2.43. The Balaban J connectivity index is 1.68. The van der Waals surface area contributed by atoms with E-state index in [-0.39, 0.29) is 12.0 Å². The first-order valence-corrected chi connectivity index (χ1v) is 8.81. The SMILES string of the molecule is CC(C)(C)OC(=O)N1CCC[C@H](Cn2nnc3ncc(Br)nc32)C1.